The monoisotopic (exact) mass is 196 g/mol. The van der Waals surface area contributed by atoms with Crippen LogP contribution in [0, 0.1) is 0 Å². The highest BCUT2D eigenvalue weighted by atomic mass is 19.1. The van der Waals surface area contributed by atoms with Gasteiger partial charge in [0, 0.05) is 0 Å². The van der Waals surface area contributed by atoms with E-state index in [4.69, 9.17) is 20.4 Å². The quantitative estimate of drug-likeness (QED) is 0.407. The number of halogens is 1. The maximum Gasteiger partial charge on any atom is 0.200 e. The van der Waals surface area contributed by atoms with Crippen molar-refractivity contribution in [1.82, 2.24) is 0 Å². The lowest BCUT2D eigenvalue weighted by Gasteiger charge is -2.17. The van der Waals surface area contributed by atoms with Crippen LogP contribution in [0.4, 0.5) is 4.39 Å². The fourth-order valence-corrected chi connectivity index (χ4v) is 0.683. The number of rotatable bonds is 5. The number of ketones is 1. The van der Waals surface area contributed by atoms with Crippen molar-refractivity contribution in [2.75, 3.05) is 6.61 Å². The molecule has 5 nitrogen and oxygen atoms in total. The molecule has 0 saturated carbocycles. The van der Waals surface area contributed by atoms with Gasteiger partial charge in [-0.1, -0.05) is 0 Å². The molecule has 0 fully saturated rings. The first kappa shape index (κ1) is 12.4. The minimum Gasteiger partial charge on any atom is -0.394 e. The van der Waals surface area contributed by atoms with Crippen molar-refractivity contribution in [3.8, 4) is 0 Å². The van der Waals surface area contributed by atoms with Gasteiger partial charge < -0.3 is 20.4 Å². The van der Waals surface area contributed by atoms with Gasteiger partial charge in [0.05, 0.1) is 12.7 Å². The van der Waals surface area contributed by atoms with E-state index in [0.29, 0.717) is 0 Å². The number of alkyl halides is 1. The summed E-state index contributed by atoms with van der Waals surface area (Å²) in [5.74, 6) is -1.34. The third kappa shape index (κ3) is 3.35. The molecule has 0 aliphatic rings. The Bertz CT molecular complexity index is 172. The zero-order chi connectivity index (χ0) is 10.6. The minimum absolute atomic E-state index is 0.917. The lowest BCUT2D eigenvalue weighted by atomic mass is 10.0. The molecule has 0 aromatic heterocycles. The molecule has 0 heterocycles. The molecule has 6 heteroatoms. The van der Waals surface area contributed by atoms with Crippen LogP contribution >= 0.6 is 0 Å². The molecular weight excluding hydrogens is 183 g/mol. The molecule has 4 N–H and O–H groups in total. The SMILES string of the molecule is CC(O)[C@H](O)C(=O)[C@H](F)[C@H](O)CO. The second-order valence-corrected chi connectivity index (χ2v) is 2.74. The molecule has 13 heavy (non-hydrogen) atoms. The molecule has 0 aromatic rings. The Kier molecular flexibility index (Phi) is 5.01. The minimum atomic E-state index is -2.38. The zero-order valence-corrected chi connectivity index (χ0v) is 7.09. The number of carbonyl (C=O) groups is 1. The second-order valence-electron chi connectivity index (χ2n) is 2.74. The summed E-state index contributed by atoms with van der Waals surface area (Å²) in [5.41, 5.74) is 0. The van der Waals surface area contributed by atoms with Crippen LogP contribution in [-0.2, 0) is 4.79 Å². The van der Waals surface area contributed by atoms with Crippen molar-refractivity contribution in [2.45, 2.75) is 31.4 Å². The molecule has 1 unspecified atom stereocenters. The number of hydrogen-bond acceptors (Lipinski definition) is 5. The van der Waals surface area contributed by atoms with Gasteiger partial charge in [-0.3, -0.25) is 4.79 Å². The van der Waals surface area contributed by atoms with Crippen LogP contribution in [0.25, 0.3) is 0 Å². The molecule has 0 radical (unpaired) electrons. The smallest absolute Gasteiger partial charge is 0.200 e. The van der Waals surface area contributed by atoms with Gasteiger partial charge in [0.2, 0.25) is 5.78 Å². The van der Waals surface area contributed by atoms with E-state index in [-0.39, 0.29) is 0 Å². The van der Waals surface area contributed by atoms with E-state index in [1.165, 1.54) is 0 Å². The van der Waals surface area contributed by atoms with Crippen molar-refractivity contribution in [3.05, 3.63) is 0 Å². The molecular formula is C7H13FO5. The average molecular weight is 196 g/mol. The Morgan fingerprint density at radius 1 is 1.38 bits per heavy atom. The molecule has 0 spiro atoms. The van der Waals surface area contributed by atoms with Gasteiger partial charge in [-0.25, -0.2) is 4.39 Å². The lowest BCUT2D eigenvalue weighted by molar-refractivity contribution is -0.142. The first-order valence-corrected chi connectivity index (χ1v) is 3.74. The summed E-state index contributed by atoms with van der Waals surface area (Å²) in [5, 5.41) is 34.6. The molecule has 0 aliphatic heterocycles. The first-order valence-electron chi connectivity index (χ1n) is 3.74. The highest BCUT2D eigenvalue weighted by molar-refractivity contribution is 5.88. The zero-order valence-electron chi connectivity index (χ0n) is 7.09. The Morgan fingerprint density at radius 2 is 1.85 bits per heavy atom. The maximum atomic E-state index is 12.8. The fraction of sp³-hybridized carbons (Fsp3) is 0.857. The van der Waals surface area contributed by atoms with Crippen molar-refractivity contribution >= 4 is 5.78 Å². The predicted molar refractivity (Wildman–Crippen MR) is 40.7 cm³/mol. The lowest BCUT2D eigenvalue weighted by Crippen LogP contribution is -2.43. The van der Waals surface area contributed by atoms with E-state index in [1.807, 2.05) is 0 Å². The van der Waals surface area contributed by atoms with E-state index < -0.39 is 36.9 Å². The van der Waals surface area contributed by atoms with Crippen molar-refractivity contribution in [3.63, 3.8) is 0 Å². The van der Waals surface area contributed by atoms with Crippen LogP contribution in [0.5, 0.6) is 0 Å². The number of Topliss-reactive ketones (excluding diaryl/α,β-unsaturated/α-hetero) is 1. The van der Waals surface area contributed by atoms with E-state index in [1.54, 1.807) is 0 Å². The summed E-state index contributed by atoms with van der Waals surface area (Å²) in [6.07, 6.45) is -7.52. The molecule has 0 saturated heterocycles. The van der Waals surface area contributed by atoms with E-state index in [0.717, 1.165) is 6.92 Å². The van der Waals surface area contributed by atoms with Gasteiger partial charge in [0.15, 0.2) is 6.17 Å². The molecule has 4 atom stereocenters. The second kappa shape index (κ2) is 5.23. The van der Waals surface area contributed by atoms with Crippen LogP contribution in [-0.4, -0.2) is 57.3 Å². The van der Waals surface area contributed by atoms with Crippen molar-refractivity contribution in [2.24, 2.45) is 0 Å². The normalized spacial score (nSPS) is 20.5. The van der Waals surface area contributed by atoms with E-state index in [9.17, 15) is 9.18 Å². The number of hydrogen-bond donors (Lipinski definition) is 4. The molecule has 0 rings (SSSR count). The predicted octanol–water partition coefficient (Wildman–Crippen LogP) is -2.01. The molecule has 0 bridgehead atoms. The standard InChI is InChI=1S/C7H13FO5/c1-3(10)6(12)7(13)5(8)4(11)2-9/h3-6,9-12H,2H2,1H3/t3?,4-,5-,6+/m1/s1. The first-order chi connectivity index (χ1) is 5.91. The van der Waals surface area contributed by atoms with Gasteiger partial charge in [0.1, 0.15) is 12.2 Å². The Balaban J connectivity index is 4.25. The third-order valence-electron chi connectivity index (χ3n) is 1.55. The highest BCUT2D eigenvalue weighted by Crippen LogP contribution is 2.06. The molecule has 0 amide bonds. The highest BCUT2D eigenvalue weighted by Gasteiger charge is 2.33. The topological polar surface area (TPSA) is 98.0 Å². The largest absolute Gasteiger partial charge is 0.394 e. The van der Waals surface area contributed by atoms with Crippen LogP contribution in [0.15, 0.2) is 0 Å². The molecule has 0 aliphatic carbocycles. The van der Waals surface area contributed by atoms with Gasteiger partial charge in [-0.05, 0) is 6.92 Å². The number of aliphatic hydroxyl groups excluding tert-OH is 4. The summed E-state index contributed by atoms with van der Waals surface area (Å²) < 4.78 is 12.8. The van der Waals surface area contributed by atoms with Gasteiger partial charge in [-0.15, -0.1) is 0 Å². The number of aliphatic hydroxyl groups is 4. The molecule has 0 aromatic carbocycles. The fourth-order valence-electron chi connectivity index (χ4n) is 0.683. The van der Waals surface area contributed by atoms with Gasteiger partial charge >= 0.3 is 0 Å². The summed E-state index contributed by atoms with van der Waals surface area (Å²) in [4.78, 5) is 10.8. The van der Waals surface area contributed by atoms with Gasteiger partial charge in [-0.2, -0.15) is 0 Å². The number of carbonyl (C=O) groups excluding carboxylic acids is 1. The average Bonchev–Trinajstić information content (AvgIpc) is 2.12. The summed E-state index contributed by atoms with van der Waals surface area (Å²) in [7, 11) is 0. The van der Waals surface area contributed by atoms with Crippen molar-refractivity contribution in [1.29, 1.82) is 0 Å². The van der Waals surface area contributed by atoms with Crippen LogP contribution < -0.4 is 0 Å². The summed E-state index contributed by atoms with van der Waals surface area (Å²) >= 11 is 0. The maximum absolute atomic E-state index is 12.8. The molecule has 78 valence electrons. The Morgan fingerprint density at radius 3 is 2.15 bits per heavy atom. The summed E-state index contributed by atoms with van der Waals surface area (Å²) in [6, 6.07) is 0. The van der Waals surface area contributed by atoms with E-state index >= 15 is 0 Å². The summed E-state index contributed by atoms with van der Waals surface area (Å²) in [6.45, 7) is 0.194. The van der Waals surface area contributed by atoms with Crippen LogP contribution in [0.1, 0.15) is 6.92 Å². The Hall–Kier alpha value is -0.560. The van der Waals surface area contributed by atoms with Gasteiger partial charge in [0.25, 0.3) is 0 Å². The Labute approximate surface area is 74.4 Å². The van der Waals surface area contributed by atoms with Crippen LogP contribution in [0.2, 0.25) is 0 Å². The van der Waals surface area contributed by atoms with E-state index in [2.05, 4.69) is 0 Å². The van der Waals surface area contributed by atoms with Crippen LogP contribution in [0.3, 0.4) is 0 Å². The third-order valence-corrected chi connectivity index (χ3v) is 1.55. The van der Waals surface area contributed by atoms with Crippen molar-refractivity contribution < 1.29 is 29.6 Å².